The van der Waals surface area contributed by atoms with E-state index in [4.69, 9.17) is 16.3 Å². The molecule has 13 heavy (non-hydrogen) atoms. The molecular weight excluding hydrogens is 186 g/mol. The Labute approximate surface area is 82.9 Å². The number of hydrogen-bond acceptors (Lipinski definition) is 2. The van der Waals surface area contributed by atoms with Gasteiger partial charge in [0.15, 0.2) is 0 Å². The number of rotatable bonds is 4. The minimum atomic E-state index is 0.445. The predicted octanol–water partition coefficient (Wildman–Crippen LogP) is 2.61. The Morgan fingerprint density at radius 3 is 3.00 bits per heavy atom. The van der Waals surface area contributed by atoms with Gasteiger partial charge in [-0.15, -0.1) is 11.6 Å². The summed E-state index contributed by atoms with van der Waals surface area (Å²) in [6.45, 7) is 0.804. The van der Waals surface area contributed by atoms with Crippen molar-refractivity contribution in [3.05, 3.63) is 23.9 Å². The number of ether oxygens (including phenoxy) is 1. The van der Waals surface area contributed by atoms with Crippen molar-refractivity contribution in [3.8, 4) is 5.88 Å². The summed E-state index contributed by atoms with van der Waals surface area (Å²) in [5.41, 5.74) is 0.870. The maximum absolute atomic E-state index is 5.66. The van der Waals surface area contributed by atoms with Gasteiger partial charge in [0, 0.05) is 6.07 Å². The number of hydrogen-bond donors (Lipinski definition) is 0. The van der Waals surface area contributed by atoms with Gasteiger partial charge in [0.2, 0.25) is 5.88 Å². The minimum absolute atomic E-state index is 0.445. The van der Waals surface area contributed by atoms with E-state index in [1.165, 1.54) is 12.8 Å². The van der Waals surface area contributed by atoms with Crippen molar-refractivity contribution in [2.75, 3.05) is 6.61 Å². The molecule has 1 aromatic rings. The highest BCUT2D eigenvalue weighted by molar-refractivity contribution is 6.16. The molecule has 0 radical (unpaired) electrons. The van der Waals surface area contributed by atoms with Gasteiger partial charge in [-0.25, -0.2) is 4.98 Å². The first-order chi connectivity index (χ1) is 6.38. The van der Waals surface area contributed by atoms with Gasteiger partial charge >= 0.3 is 0 Å². The normalized spacial score (nSPS) is 15.8. The molecule has 0 spiro atoms. The second-order valence-corrected chi connectivity index (χ2v) is 3.62. The highest BCUT2D eigenvalue weighted by atomic mass is 35.5. The van der Waals surface area contributed by atoms with Crippen LogP contribution in [0.1, 0.15) is 18.5 Å². The first kappa shape index (κ1) is 8.82. The van der Waals surface area contributed by atoms with Crippen LogP contribution in [0, 0.1) is 5.92 Å². The lowest BCUT2D eigenvalue weighted by Crippen LogP contribution is -2.01. The van der Waals surface area contributed by atoms with E-state index < -0.39 is 0 Å². The molecule has 2 rings (SSSR count). The molecule has 1 aliphatic carbocycles. The molecule has 0 N–H and O–H groups in total. The van der Waals surface area contributed by atoms with E-state index in [-0.39, 0.29) is 0 Å². The minimum Gasteiger partial charge on any atom is -0.477 e. The zero-order valence-electron chi connectivity index (χ0n) is 7.37. The maximum atomic E-state index is 5.66. The SMILES string of the molecule is ClCc1cccc(OCC2CC2)n1. The fourth-order valence-electron chi connectivity index (χ4n) is 1.10. The largest absolute Gasteiger partial charge is 0.477 e. The molecule has 0 unspecified atom stereocenters. The van der Waals surface area contributed by atoms with Crippen molar-refractivity contribution in [2.45, 2.75) is 18.7 Å². The van der Waals surface area contributed by atoms with Gasteiger partial charge in [0.05, 0.1) is 18.2 Å². The summed E-state index contributed by atoms with van der Waals surface area (Å²) in [5, 5.41) is 0. The summed E-state index contributed by atoms with van der Waals surface area (Å²) in [6.07, 6.45) is 2.60. The number of aromatic nitrogens is 1. The quantitative estimate of drug-likeness (QED) is 0.693. The maximum Gasteiger partial charge on any atom is 0.213 e. The molecule has 2 nitrogen and oxygen atoms in total. The Bertz CT molecular complexity index is 286. The van der Waals surface area contributed by atoms with E-state index >= 15 is 0 Å². The van der Waals surface area contributed by atoms with Gasteiger partial charge in [-0.3, -0.25) is 0 Å². The molecule has 1 heterocycles. The number of halogens is 1. The average Bonchev–Trinajstić information content (AvgIpc) is 2.99. The summed E-state index contributed by atoms with van der Waals surface area (Å²) in [4.78, 5) is 4.24. The first-order valence-corrected chi connectivity index (χ1v) is 5.06. The second-order valence-electron chi connectivity index (χ2n) is 3.36. The van der Waals surface area contributed by atoms with Crippen LogP contribution in [-0.4, -0.2) is 11.6 Å². The summed E-state index contributed by atoms with van der Waals surface area (Å²) in [6, 6.07) is 5.70. The molecule has 0 bridgehead atoms. The summed E-state index contributed by atoms with van der Waals surface area (Å²) in [7, 11) is 0. The zero-order chi connectivity index (χ0) is 9.10. The van der Waals surface area contributed by atoms with E-state index in [1.807, 2.05) is 18.2 Å². The van der Waals surface area contributed by atoms with Gasteiger partial charge in [-0.2, -0.15) is 0 Å². The monoisotopic (exact) mass is 197 g/mol. The fraction of sp³-hybridized carbons (Fsp3) is 0.500. The third-order valence-electron chi connectivity index (χ3n) is 2.08. The molecular formula is C10H12ClNO. The summed E-state index contributed by atoms with van der Waals surface area (Å²) >= 11 is 5.66. The van der Waals surface area contributed by atoms with Crippen molar-refractivity contribution in [1.29, 1.82) is 0 Å². The number of alkyl halides is 1. The lowest BCUT2D eigenvalue weighted by Gasteiger charge is -2.04. The summed E-state index contributed by atoms with van der Waals surface area (Å²) in [5.74, 6) is 1.91. The van der Waals surface area contributed by atoms with Crippen molar-refractivity contribution in [2.24, 2.45) is 5.92 Å². The third kappa shape index (κ3) is 2.59. The van der Waals surface area contributed by atoms with E-state index in [2.05, 4.69) is 4.98 Å². The van der Waals surface area contributed by atoms with E-state index in [0.717, 1.165) is 18.2 Å². The van der Waals surface area contributed by atoms with E-state index in [9.17, 15) is 0 Å². The zero-order valence-corrected chi connectivity index (χ0v) is 8.13. The Hall–Kier alpha value is -0.760. The number of pyridine rings is 1. The smallest absolute Gasteiger partial charge is 0.213 e. The molecule has 3 heteroatoms. The molecule has 1 saturated carbocycles. The Morgan fingerprint density at radius 1 is 1.46 bits per heavy atom. The summed E-state index contributed by atoms with van der Waals surface area (Å²) < 4.78 is 5.50. The molecule has 70 valence electrons. The van der Waals surface area contributed by atoms with Crippen LogP contribution in [0.15, 0.2) is 18.2 Å². The van der Waals surface area contributed by atoms with Gasteiger partial charge in [0.25, 0.3) is 0 Å². The average molecular weight is 198 g/mol. The second kappa shape index (κ2) is 3.97. The van der Waals surface area contributed by atoms with Crippen LogP contribution in [0.4, 0.5) is 0 Å². The van der Waals surface area contributed by atoms with Crippen molar-refractivity contribution >= 4 is 11.6 Å². The van der Waals surface area contributed by atoms with E-state index in [1.54, 1.807) is 0 Å². The van der Waals surface area contributed by atoms with Crippen LogP contribution in [0.25, 0.3) is 0 Å². The lowest BCUT2D eigenvalue weighted by molar-refractivity contribution is 0.288. The highest BCUT2D eigenvalue weighted by Gasteiger charge is 2.21. The molecule has 1 fully saturated rings. The molecule has 0 aromatic carbocycles. The highest BCUT2D eigenvalue weighted by Crippen LogP contribution is 2.29. The van der Waals surface area contributed by atoms with Crippen LogP contribution < -0.4 is 4.74 Å². The molecule has 1 aliphatic rings. The standard InChI is InChI=1S/C10H12ClNO/c11-6-9-2-1-3-10(12-9)13-7-8-4-5-8/h1-3,8H,4-7H2. The van der Waals surface area contributed by atoms with Crippen LogP contribution in [0.3, 0.4) is 0 Å². The van der Waals surface area contributed by atoms with E-state index in [0.29, 0.717) is 11.8 Å². The van der Waals surface area contributed by atoms with Crippen LogP contribution in [-0.2, 0) is 5.88 Å². The van der Waals surface area contributed by atoms with Gasteiger partial charge in [-0.1, -0.05) is 6.07 Å². The molecule has 0 amide bonds. The van der Waals surface area contributed by atoms with Gasteiger partial charge in [0.1, 0.15) is 0 Å². The lowest BCUT2D eigenvalue weighted by atomic mass is 10.4. The predicted molar refractivity (Wildman–Crippen MR) is 52.0 cm³/mol. The first-order valence-electron chi connectivity index (χ1n) is 4.53. The van der Waals surface area contributed by atoms with Crippen LogP contribution in [0.2, 0.25) is 0 Å². The Kier molecular flexibility index (Phi) is 2.69. The van der Waals surface area contributed by atoms with Crippen molar-refractivity contribution < 1.29 is 4.74 Å². The van der Waals surface area contributed by atoms with Gasteiger partial charge < -0.3 is 4.74 Å². The van der Waals surface area contributed by atoms with Crippen molar-refractivity contribution in [3.63, 3.8) is 0 Å². The number of nitrogens with zero attached hydrogens (tertiary/aromatic N) is 1. The van der Waals surface area contributed by atoms with Crippen LogP contribution in [0.5, 0.6) is 5.88 Å². The Balaban J connectivity index is 1.93. The molecule has 0 saturated heterocycles. The topological polar surface area (TPSA) is 22.1 Å². The van der Waals surface area contributed by atoms with Crippen molar-refractivity contribution in [1.82, 2.24) is 4.98 Å². The molecule has 0 aliphatic heterocycles. The Morgan fingerprint density at radius 2 is 2.31 bits per heavy atom. The molecule has 0 atom stereocenters. The third-order valence-corrected chi connectivity index (χ3v) is 2.36. The van der Waals surface area contributed by atoms with Crippen LogP contribution >= 0.6 is 11.6 Å². The van der Waals surface area contributed by atoms with Gasteiger partial charge in [-0.05, 0) is 24.8 Å². The fourth-order valence-corrected chi connectivity index (χ4v) is 1.25. The molecule has 1 aromatic heterocycles.